The highest BCUT2D eigenvalue weighted by molar-refractivity contribution is 7.19. The number of aryl methyl sites for hydroxylation is 3. The van der Waals surface area contributed by atoms with Crippen LogP contribution in [0.5, 0.6) is 0 Å². The van der Waals surface area contributed by atoms with E-state index >= 15 is 0 Å². The summed E-state index contributed by atoms with van der Waals surface area (Å²) in [7, 11) is 1.86. The number of hydrogen-bond donors (Lipinski definition) is 1. The SMILES string of the molecule is CNc1nc(Cl)nc2sc(C)c(-c3ccc(C)c(C)c3)c12. The maximum Gasteiger partial charge on any atom is 0.225 e. The molecular weight excluding hydrogens is 302 g/mol. The first kappa shape index (κ1) is 14.3. The van der Waals surface area contributed by atoms with Gasteiger partial charge < -0.3 is 5.32 Å². The average Bonchev–Trinajstić information content (AvgIpc) is 2.76. The topological polar surface area (TPSA) is 37.8 Å². The predicted molar refractivity (Wildman–Crippen MR) is 91.6 cm³/mol. The summed E-state index contributed by atoms with van der Waals surface area (Å²) >= 11 is 7.65. The van der Waals surface area contributed by atoms with Gasteiger partial charge in [-0.3, -0.25) is 0 Å². The highest BCUT2D eigenvalue weighted by atomic mass is 35.5. The first-order valence-corrected chi connectivity index (χ1v) is 7.92. The minimum Gasteiger partial charge on any atom is -0.372 e. The summed E-state index contributed by atoms with van der Waals surface area (Å²) in [6, 6.07) is 6.53. The van der Waals surface area contributed by atoms with Gasteiger partial charge in [0.05, 0.1) is 5.39 Å². The molecule has 0 bridgehead atoms. The van der Waals surface area contributed by atoms with E-state index in [0.29, 0.717) is 0 Å². The Labute approximate surface area is 133 Å². The number of anilines is 1. The van der Waals surface area contributed by atoms with Gasteiger partial charge in [0.2, 0.25) is 5.28 Å². The molecule has 3 rings (SSSR count). The number of halogens is 1. The first-order valence-electron chi connectivity index (χ1n) is 6.73. The molecule has 0 saturated carbocycles. The van der Waals surface area contributed by atoms with Crippen molar-refractivity contribution in [3.05, 3.63) is 39.5 Å². The van der Waals surface area contributed by atoms with Crippen LogP contribution in [-0.4, -0.2) is 17.0 Å². The smallest absolute Gasteiger partial charge is 0.225 e. The van der Waals surface area contributed by atoms with Gasteiger partial charge in [-0.2, -0.15) is 0 Å². The second-order valence-electron chi connectivity index (χ2n) is 5.10. The number of aromatic nitrogens is 2. The minimum absolute atomic E-state index is 0.278. The molecule has 0 amide bonds. The summed E-state index contributed by atoms with van der Waals surface area (Å²) in [6.45, 7) is 6.37. The van der Waals surface area contributed by atoms with Gasteiger partial charge in [0.15, 0.2) is 0 Å². The molecular formula is C16H16ClN3S. The lowest BCUT2D eigenvalue weighted by atomic mass is 9.99. The normalized spacial score (nSPS) is 11.1. The first-order chi connectivity index (χ1) is 10.0. The predicted octanol–water partition coefficient (Wildman–Crippen LogP) is 4.98. The Balaban J connectivity index is 2.36. The van der Waals surface area contributed by atoms with E-state index in [1.54, 1.807) is 11.3 Å². The summed E-state index contributed by atoms with van der Waals surface area (Å²) in [5.41, 5.74) is 4.97. The van der Waals surface area contributed by atoms with E-state index < -0.39 is 0 Å². The zero-order chi connectivity index (χ0) is 15.1. The number of nitrogens with one attached hydrogen (secondary N) is 1. The van der Waals surface area contributed by atoms with Gasteiger partial charge in [0.25, 0.3) is 0 Å². The number of hydrogen-bond acceptors (Lipinski definition) is 4. The van der Waals surface area contributed by atoms with Crippen LogP contribution >= 0.6 is 22.9 Å². The van der Waals surface area contributed by atoms with Crippen LogP contribution < -0.4 is 5.32 Å². The molecule has 0 spiro atoms. The van der Waals surface area contributed by atoms with Crippen LogP contribution in [0.15, 0.2) is 18.2 Å². The van der Waals surface area contributed by atoms with Crippen molar-refractivity contribution < 1.29 is 0 Å². The molecule has 0 unspecified atom stereocenters. The maximum absolute atomic E-state index is 6.00. The third-order valence-corrected chi connectivity index (χ3v) is 4.90. The van der Waals surface area contributed by atoms with Gasteiger partial charge in [-0.15, -0.1) is 11.3 Å². The molecule has 2 aromatic heterocycles. The number of benzene rings is 1. The van der Waals surface area contributed by atoms with Crippen molar-refractivity contribution in [1.29, 1.82) is 0 Å². The molecule has 1 N–H and O–H groups in total. The van der Waals surface area contributed by atoms with Crippen molar-refractivity contribution >= 4 is 39.0 Å². The Morgan fingerprint density at radius 1 is 1.10 bits per heavy atom. The Morgan fingerprint density at radius 2 is 1.86 bits per heavy atom. The second-order valence-corrected chi connectivity index (χ2v) is 6.64. The third kappa shape index (κ3) is 2.39. The van der Waals surface area contributed by atoms with E-state index in [4.69, 9.17) is 11.6 Å². The number of fused-ring (bicyclic) bond motifs is 1. The van der Waals surface area contributed by atoms with Gasteiger partial charge in [0.1, 0.15) is 10.6 Å². The van der Waals surface area contributed by atoms with Crippen molar-refractivity contribution in [2.45, 2.75) is 20.8 Å². The molecule has 21 heavy (non-hydrogen) atoms. The highest BCUT2D eigenvalue weighted by Crippen LogP contribution is 2.41. The molecule has 0 radical (unpaired) electrons. The summed E-state index contributed by atoms with van der Waals surface area (Å²) in [5.74, 6) is 0.780. The van der Waals surface area contributed by atoms with Gasteiger partial charge >= 0.3 is 0 Å². The summed E-state index contributed by atoms with van der Waals surface area (Å²) in [4.78, 5) is 10.8. The largest absolute Gasteiger partial charge is 0.372 e. The van der Waals surface area contributed by atoms with Gasteiger partial charge in [-0.05, 0) is 49.1 Å². The quantitative estimate of drug-likeness (QED) is 0.677. The fourth-order valence-corrected chi connectivity index (χ4v) is 3.77. The maximum atomic E-state index is 6.00. The molecule has 5 heteroatoms. The third-order valence-electron chi connectivity index (χ3n) is 3.73. The Kier molecular flexibility index (Phi) is 3.59. The van der Waals surface area contributed by atoms with E-state index in [1.165, 1.54) is 27.1 Å². The van der Waals surface area contributed by atoms with Crippen LogP contribution in [0.3, 0.4) is 0 Å². The molecule has 0 aliphatic rings. The molecule has 108 valence electrons. The van der Waals surface area contributed by atoms with E-state index in [9.17, 15) is 0 Å². The Bertz CT molecular complexity index is 839. The molecule has 0 fully saturated rings. The molecule has 0 aliphatic carbocycles. The zero-order valence-corrected chi connectivity index (χ0v) is 14.0. The van der Waals surface area contributed by atoms with Gasteiger partial charge in [-0.1, -0.05) is 18.2 Å². The van der Waals surface area contributed by atoms with Crippen LogP contribution in [0.4, 0.5) is 5.82 Å². The average molecular weight is 318 g/mol. The molecule has 0 aliphatic heterocycles. The van der Waals surface area contributed by atoms with Crippen LogP contribution in [0.2, 0.25) is 5.28 Å². The molecule has 3 aromatic rings. The molecule has 3 nitrogen and oxygen atoms in total. The standard InChI is InChI=1S/C16H16ClN3S/c1-8-5-6-11(7-9(8)2)12-10(3)21-15-13(12)14(18-4)19-16(17)20-15/h5-7H,1-4H3,(H,18,19,20). The minimum atomic E-state index is 0.278. The van der Waals surface area contributed by atoms with Crippen molar-refractivity contribution in [1.82, 2.24) is 9.97 Å². The van der Waals surface area contributed by atoms with E-state index in [1.807, 2.05) is 7.05 Å². The summed E-state index contributed by atoms with van der Waals surface area (Å²) in [6.07, 6.45) is 0. The Morgan fingerprint density at radius 3 is 2.52 bits per heavy atom. The number of nitrogens with zero attached hydrogens (tertiary/aromatic N) is 2. The van der Waals surface area contributed by atoms with Crippen molar-refractivity contribution in [3.8, 4) is 11.1 Å². The summed E-state index contributed by atoms with van der Waals surface area (Å²) < 4.78 is 0. The van der Waals surface area contributed by atoms with Gasteiger partial charge in [0, 0.05) is 17.5 Å². The van der Waals surface area contributed by atoms with Gasteiger partial charge in [-0.25, -0.2) is 9.97 Å². The van der Waals surface area contributed by atoms with Crippen LogP contribution in [0.25, 0.3) is 21.3 Å². The lowest BCUT2D eigenvalue weighted by Crippen LogP contribution is -1.95. The molecule has 2 heterocycles. The molecule has 0 saturated heterocycles. The molecule has 1 aromatic carbocycles. The number of thiophene rings is 1. The zero-order valence-electron chi connectivity index (χ0n) is 12.4. The Hall–Kier alpha value is -1.65. The van der Waals surface area contributed by atoms with Crippen molar-refractivity contribution in [2.24, 2.45) is 0 Å². The lowest BCUT2D eigenvalue weighted by Gasteiger charge is -2.08. The monoisotopic (exact) mass is 317 g/mol. The van der Waals surface area contributed by atoms with Crippen LogP contribution in [0, 0.1) is 20.8 Å². The highest BCUT2D eigenvalue weighted by Gasteiger charge is 2.17. The van der Waals surface area contributed by atoms with Crippen LogP contribution in [0.1, 0.15) is 16.0 Å². The fraction of sp³-hybridized carbons (Fsp3) is 0.250. The summed E-state index contributed by atoms with van der Waals surface area (Å²) in [5, 5.41) is 4.46. The van der Waals surface area contributed by atoms with E-state index in [2.05, 4.69) is 54.3 Å². The second kappa shape index (κ2) is 5.28. The van der Waals surface area contributed by atoms with Crippen LogP contribution in [-0.2, 0) is 0 Å². The number of rotatable bonds is 2. The van der Waals surface area contributed by atoms with E-state index in [0.717, 1.165) is 16.0 Å². The molecule has 0 atom stereocenters. The van der Waals surface area contributed by atoms with Crippen molar-refractivity contribution in [2.75, 3.05) is 12.4 Å². The van der Waals surface area contributed by atoms with E-state index in [-0.39, 0.29) is 5.28 Å². The van der Waals surface area contributed by atoms with Crippen molar-refractivity contribution in [3.63, 3.8) is 0 Å². The lowest BCUT2D eigenvalue weighted by molar-refractivity contribution is 1.22. The fourth-order valence-electron chi connectivity index (χ4n) is 2.51.